The maximum atomic E-state index is 12.5. The number of nitrogens with one attached hydrogen (secondary N) is 1. The lowest BCUT2D eigenvalue weighted by Gasteiger charge is -2.32. The molecule has 0 unspecified atom stereocenters. The van der Waals surface area contributed by atoms with Crippen molar-refractivity contribution >= 4 is 11.7 Å². The van der Waals surface area contributed by atoms with Crippen LogP contribution in [0.5, 0.6) is 0 Å². The molecule has 4 heteroatoms. The van der Waals surface area contributed by atoms with E-state index in [-0.39, 0.29) is 11.7 Å². The standard InChI is InChI=1S/C29H36N2O2/c32-28(27-13-11-26(12-14-27)25-9-5-2-6-10-25)15-16-29(33)30-21-23-17-19-31(20-18-23)22-24-7-3-1-4-8-24/h1,3-4,7-8,11-16,23,25H,2,5-6,9-10,17-22H2,(H,30,33)/b16-15+. The zero-order valence-corrected chi connectivity index (χ0v) is 19.5. The normalized spacial score (nSPS) is 18.4. The van der Waals surface area contributed by atoms with Crippen LogP contribution in [-0.4, -0.2) is 36.2 Å². The first-order chi connectivity index (χ1) is 16.2. The van der Waals surface area contributed by atoms with Crippen LogP contribution in [0, 0.1) is 5.92 Å². The van der Waals surface area contributed by atoms with Crippen molar-refractivity contribution in [1.82, 2.24) is 10.2 Å². The molecule has 1 aliphatic carbocycles. The van der Waals surface area contributed by atoms with Gasteiger partial charge in [-0.3, -0.25) is 14.5 Å². The molecule has 1 amide bonds. The number of piperidine rings is 1. The number of carbonyl (C=O) groups excluding carboxylic acids is 2. The predicted octanol–water partition coefficient (Wildman–Crippen LogP) is 5.50. The van der Waals surface area contributed by atoms with Gasteiger partial charge in [0.2, 0.25) is 5.91 Å². The molecule has 4 rings (SSSR count). The molecule has 33 heavy (non-hydrogen) atoms. The zero-order valence-electron chi connectivity index (χ0n) is 19.5. The van der Waals surface area contributed by atoms with Crippen molar-refractivity contribution in [2.24, 2.45) is 5.92 Å². The minimum Gasteiger partial charge on any atom is -0.352 e. The Labute approximate surface area is 198 Å². The molecule has 0 bridgehead atoms. The zero-order chi connectivity index (χ0) is 22.9. The molecule has 0 atom stereocenters. The van der Waals surface area contributed by atoms with Gasteiger partial charge in [-0.1, -0.05) is 73.9 Å². The van der Waals surface area contributed by atoms with Crippen LogP contribution in [0.2, 0.25) is 0 Å². The molecule has 1 saturated carbocycles. The van der Waals surface area contributed by atoms with Gasteiger partial charge in [0.05, 0.1) is 0 Å². The van der Waals surface area contributed by atoms with Gasteiger partial charge in [0.15, 0.2) is 5.78 Å². The van der Waals surface area contributed by atoms with Crippen molar-refractivity contribution in [3.63, 3.8) is 0 Å². The van der Waals surface area contributed by atoms with Crippen molar-refractivity contribution in [3.05, 3.63) is 83.4 Å². The molecular weight excluding hydrogens is 408 g/mol. The maximum absolute atomic E-state index is 12.5. The summed E-state index contributed by atoms with van der Waals surface area (Å²) < 4.78 is 0. The minimum atomic E-state index is -0.186. The van der Waals surface area contributed by atoms with E-state index in [2.05, 4.69) is 46.6 Å². The second-order valence-electron chi connectivity index (χ2n) is 9.60. The number of amides is 1. The Morgan fingerprint density at radius 2 is 1.55 bits per heavy atom. The molecule has 0 spiro atoms. The van der Waals surface area contributed by atoms with Crippen molar-refractivity contribution in [2.45, 2.75) is 57.4 Å². The topological polar surface area (TPSA) is 49.4 Å². The van der Waals surface area contributed by atoms with Crippen molar-refractivity contribution in [2.75, 3.05) is 19.6 Å². The summed E-state index contributed by atoms with van der Waals surface area (Å²) in [6.07, 6.45) is 11.4. The highest BCUT2D eigenvalue weighted by Crippen LogP contribution is 2.32. The molecular formula is C29H36N2O2. The molecule has 2 aromatic rings. The summed E-state index contributed by atoms with van der Waals surface area (Å²) in [7, 11) is 0. The summed E-state index contributed by atoms with van der Waals surface area (Å²) in [5.41, 5.74) is 3.33. The summed E-state index contributed by atoms with van der Waals surface area (Å²) in [5, 5.41) is 2.98. The Balaban J connectivity index is 1.17. The third kappa shape index (κ3) is 7.13. The van der Waals surface area contributed by atoms with E-state index in [0.29, 0.717) is 23.9 Å². The van der Waals surface area contributed by atoms with Crippen LogP contribution >= 0.6 is 0 Å². The molecule has 0 radical (unpaired) electrons. The maximum Gasteiger partial charge on any atom is 0.244 e. The lowest BCUT2D eigenvalue weighted by atomic mass is 9.84. The molecule has 1 heterocycles. The second kappa shape index (κ2) is 11.9. The molecule has 2 fully saturated rings. The average molecular weight is 445 g/mol. The number of hydrogen-bond acceptors (Lipinski definition) is 3. The first-order valence-electron chi connectivity index (χ1n) is 12.5. The fraction of sp³-hybridized carbons (Fsp3) is 0.448. The number of benzene rings is 2. The third-order valence-corrected chi connectivity index (χ3v) is 7.18. The van der Waals surface area contributed by atoms with E-state index < -0.39 is 0 Å². The number of nitrogens with zero attached hydrogens (tertiary/aromatic N) is 1. The van der Waals surface area contributed by atoms with Gasteiger partial charge in [0.1, 0.15) is 0 Å². The van der Waals surface area contributed by atoms with E-state index in [1.807, 2.05) is 18.2 Å². The summed E-state index contributed by atoms with van der Waals surface area (Å²) in [6.45, 7) is 3.78. The Hall–Kier alpha value is -2.72. The highest BCUT2D eigenvalue weighted by atomic mass is 16.1. The summed E-state index contributed by atoms with van der Waals surface area (Å²) in [5.74, 6) is 0.829. The summed E-state index contributed by atoms with van der Waals surface area (Å²) in [4.78, 5) is 27.2. The van der Waals surface area contributed by atoms with Gasteiger partial charge in [0.25, 0.3) is 0 Å². The smallest absolute Gasteiger partial charge is 0.244 e. The fourth-order valence-corrected chi connectivity index (χ4v) is 5.10. The van der Waals surface area contributed by atoms with Gasteiger partial charge >= 0.3 is 0 Å². The Morgan fingerprint density at radius 3 is 2.24 bits per heavy atom. The van der Waals surface area contributed by atoms with Crippen molar-refractivity contribution in [3.8, 4) is 0 Å². The SMILES string of the molecule is O=C(/C=C/C(=O)c1ccc(C2CCCCC2)cc1)NCC1CCN(Cc2ccccc2)CC1. The van der Waals surface area contributed by atoms with Gasteiger partial charge in [-0.2, -0.15) is 0 Å². The molecule has 1 aliphatic heterocycles. The van der Waals surface area contributed by atoms with E-state index in [9.17, 15) is 9.59 Å². The van der Waals surface area contributed by atoms with E-state index in [0.717, 1.165) is 32.5 Å². The number of hydrogen-bond donors (Lipinski definition) is 1. The van der Waals surface area contributed by atoms with Crippen LogP contribution in [-0.2, 0) is 11.3 Å². The van der Waals surface area contributed by atoms with Gasteiger partial charge in [-0.25, -0.2) is 0 Å². The number of carbonyl (C=O) groups is 2. The monoisotopic (exact) mass is 444 g/mol. The first-order valence-corrected chi connectivity index (χ1v) is 12.5. The summed E-state index contributed by atoms with van der Waals surface area (Å²) >= 11 is 0. The number of rotatable bonds is 8. The average Bonchev–Trinajstić information content (AvgIpc) is 2.88. The molecule has 4 nitrogen and oxygen atoms in total. The van der Waals surface area contributed by atoms with Crippen LogP contribution < -0.4 is 5.32 Å². The first kappa shape index (κ1) is 23.4. The van der Waals surface area contributed by atoms with Crippen LogP contribution in [0.15, 0.2) is 66.7 Å². The molecule has 2 aromatic carbocycles. The quantitative estimate of drug-likeness (QED) is 0.432. The third-order valence-electron chi connectivity index (χ3n) is 7.18. The van der Waals surface area contributed by atoms with E-state index in [4.69, 9.17) is 0 Å². The number of likely N-dealkylation sites (tertiary alicyclic amines) is 1. The summed E-state index contributed by atoms with van der Waals surface area (Å²) in [6, 6.07) is 18.5. The molecule has 1 N–H and O–H groups in total. The lowest BCUT2D eigenvalue weighted by Crippen LogP contribution is -2.38. The molecule has 0 aromatic heterocycles. The lowest BCUT2D eigenvalue weighted by molar-refractivity contribution is -0.116. The molecule has 1 saturated heterocycles. The van der Waals surface area contributed by atoms with Crippen LogP contribution in [0.1, 0.15) is 72.3 Å². The van der Waals surface area contributed by atoms with Gasteiger partial charge in [-0.15, -0.1) is 0 Å². The van der Waals surface area contributed by atoms with E-state index >= 15 is 0 Å². The van der Waals surface area contributed by atoms with Gasteiger partial charge in [-0.05, 0) is 67.8 Å². The van der Waals surface area contributed by atoms with Crippen molar-refractivity contribution in [1.29, 1.82) is 0 Å². The van der Waals surface area contributed by atoms with Crippen LogP contribution in [0.25, 0.3) is 0 Å². The highest BCUT2D eigenvalue weighted by molar-refractivity contribution is 6.07. The van der Waals surface area contributed by atoms with Crippen molar-refractivity contribution < 1.29 is 9.59 Å². The second-order valence-corrected chi connectivity index (χ2v) is 9.60. The largest absolute Gasteiger partial charge is 0.352 e. The van der Waals surface area contributed by atoms with Gasteiger partial charge in [0, 0.05) is 24.7 Å². The van der Waals surface area contributed by atoms with E-state index in [1.165, 1.54) is 55.4 Å². The molecule has 2 aliphatic rings. The van der Waals surface area contributed by atoms with E-state index in [1.54, 1.807) is 0 Å². The van der Waals surface area contributed by atoms with Gasteiger partial charge < -0.3 is 5.32 Å². The highest BCUT2D eigenvalue weighted by Gasteiger charge is 2.19. The Kier molecular flexibility index (Phi) is 8.48. The minimum absolute atomic E-state index is 0.116. The van der Waals surface area contributed by atoms with Crippen LogP contribution in [0.4, 0.5) is 0 Å². The Morgan fingerprint density at radius 1 is 0.848 bits per heavy atom. The predicted molar refractivity (Wildman–Crippen MR) is 133 cm³/mol. The number of allylic oxidation sites excluding steroid dienone is 1. The Bertz CT molecular complexity index is 922. The van der Waals surface area contributed by atoms with Crippen LogP contribution in [0.3, 0.4) is 0 Å². The fourth-order valence-electron chi connectivity index (χ4n) is 5.10. The molecule has 174 valence electrons. The number of ketones is 1.